The number of amides is 1. The van der Waals surface area contributed by atoms with E-state index in [0.717, 1.165) is 6.07 Å². The first-order valence-electron chi connectivity index (χ1n) is 10.1. The number of fused-ring (bicyclic) bond motifs is 1. The number of benzene rings is 2. The number of carbonyl (C=O) groups excluding carboxylic acids is 2. The lowest BCUT2D eigenvalue weighted by Crippen LogP contribution is -2.15. The first-order chi connectivity index (χ1) is 16.4. The number of rotatable bonds is 5. The van der Waals surface area contributed by atoms with Gasteiger partial charge in [-0.05, 0) is 43.3 Å². The third-order valence-electron chi connectivity index (χ3n) is 4.72. The minimum Gasteiger partial charge on any atom is -0.504 e. The van der Waals surface area contributed by atoms with Crippen molar-refractivity contribution in [3.05, 3.63) is 76.7 Å². The van der Waals surface area contributed by atoms with Crippen molar-refractivity contribution >= 4 is 28.7 Å². The minimum atomic E-state index is -0.773. The lowest BCUT2D eigenvalue weighted by molar-refractivity contribution is 0.0734. The second kappa shape index (κ2) is 9.33. The van der Waals surface area contributed by atoms with Gasteiger partial charge in [-0.25, -0.2) is 9.59 Å². The van der Waals surface area contributed by atoms with Crippen molar-refractivity contribution in [2.24, 2.45) is 0 Å². The van der Waals surface area contributed by atoms with Crippen molar-refractivity contribution < 1.29 is 33.7 Å². The molecule has 0 aliphatic carbocycles. The van der Waals surface area contributed by atoms with Crippen LogP contribution in [-0.2, 0) is 4.74 Å². The molecule has 0 saturated heterocycles. The van der Waals surface area contributed by atoms with Crippen LogP contribution in [0, 0.1) is 0 Å². The maximum Gasteiger partial charge on any atom is 0.411 e. The van der Waals surface area contributed by atoms with Gasteiger partial charge in [-0.2, -0.15) is 0 Å². The molecule has 2 aromatic carbocycles. The Kier molecular flexibility index (Phi) is 6.13. The van der Waals surface area contributed by atoms with Crippen LogP contribution in [0.25, 0.3) is 22.3 Å². The topological polar surface area (TPSA) is 148 Å². The SMILES string of the molecule is CCOC(=O)Nc1cc(OC(=O)c2cccnc2)ccc1-c1cc(=O)c2c(O)c(O)ccc2o1. The number of phenols is 2. The Morgan fingerprint density at radius 3 is 2.68 bits per heavy atom. The van der Waals surface area contributed by atoms with E-state index >= 15 is 0 Å². The van der Waals surface area contributed by atoms with E-state index in [9.17, 15) is 24.6 Å². The average Bonchev–Trinajstić information content (AvgIpc) is 2.82. The van der Waals surface area contributed by atoms with Crippen LogP contribution >= 0.6 is 0 Å². The summed E-state index contributed by atoms with van der Waals surface area (Å²) < 4.78 is 16.1. The third kappa shape index (κ3) is 4.51. The Morgan fingerprint density at radius 2 is 1.94 bits per heavy atom. The van der Waals surface area contributed by atoms with E-state index in [1.54, 1.807) is 19.1 Å². The molecule has 34 heavy (non-hydrogen) atoms. The Morgan fingerprint density at radius 1 is 1.12 bits per heavy atom. The van der Waals surface area contributed by atoms with Gasteiger partial charge in [0.2, 0.25) is 0 Å². The summed E-state index contributed by atoms with van der Waals surface area (Å²) in [6.45, 7) is 1.75. The number of hydrogen-bond donors (Lipinski definition) is 3. The van der Waals surface area contributed by atoms with Gasteiger partial charge in [0.05, 0.1) is 17.9 Å². The molecule has 172 valence electrons. The van der Waals surface area contributed by atoms with Gasteiger partial charge >= 0.3 is 12.1 Å². The molecule has 2 heterocycles. The minimum absolute atomic E-state index is 0.0203. The average molecular weight is 462 g/mol. The number of carbonyl (C=O) groups is 2. The normalized spacial score (nSPS) is 10.6. The number of esters is 1. The van der Waals surface area contributed by atoms with E-state index in [1.807, 2.05) is 0 Å². The van der Waals surface area contributed by atoms with Crippen molar-refractivity contribution in [3.63, 3.8) is 0 Å². The monoisotopic (exact) mass is 462 g/mol. The molecule has 0 aliphatic rings. The summed E-state index contributed by atoms with van der Waals surface area (Å²) in [4.78, 5) is 41.0. The highest BCUT2D eigenvalue weighted by molar-refractivity contribution is 5.94. The highest BCUT2D eigenvalue weighted by Crippen LogP contribution is 2.36. The van der Waals surface area contributed by atoms with E-state index in [0.29, 0.717) is 0 Å². The molecular weight excluding hydrogens is 444 g/mol. The van der Waals surface area contributed by atoms with Gasteiger partial charge in [0, 0.05) is 30.1 Å². The molecule has 10 heteroatoms. The third-order valence-corrected chi connectivity index (χ3v) is 4.72. The molecule has 0 aliphatic heterocycles. The number of aromatic nitrogens is 1. The molecule has 10 nitrogen and oxygen atoms in total. The summed E-state index contributed by atoms with van der Waals surface area (Å²) in [5, 5.41) is 22.0. The second-order valence-corrected chi connectivity index (χ2v) is 6.97. The fraction of sp³-hybridized carbons (Fsp3) is 0.0833. The molecule has 0 spiro atoms. The summed E-state index contributed by atoms with van der Waals surface area (Å²) in [5.41, 5.74) is 0.0575. The first kappa shape index (κ1) is 22.3. The van der Waals surface area contributed by atoms with E-state index in [4.69, 9.17) is 13.9 Å². The molecule has 0 atom stereocenters. The van der Waals surface area contributed by atoms with E-state index in [1.165, 1.54) is 42.7 Å². The first-order valence-corrected chi connectivity index (χ1v) is 10.1. The van der Waals surface area contributed by atoms with Gasteiger partial charge in [0.25, 0.3) is 0 Å². The molecule has 1 amide bonds. The zero-order valence-electron chi connectivity index (χ0n) is 17.8. The Bertz CT molecular complexity index is 1450. The molecule has 4 aromatic rings. The predicted molar refractivity (Wildman–Crippen MR) is 121 cm³/mol. The number of anilines is 1. The molecule has 0 fully saturated rings. The maximum atomic E-state index is 12.6. The number of phenolic OH excluding ortho intramolecular Hbond substituents is 2. The Hall–Kier alpha value is -4.86. The van der Waals surface area contributed by atoms with Crippen molar-refractivity contribution in [2.45, 2.75) is 6.92 Å². The van der Waals surface area contributed by atoms with Crippen molar-refractivity contribution in [1.82, 2.24) is 4.98 Å². The van der Waals surface area contributed by atoms with Gasteiger partial charge in [-0.1, -0.05) is 0 Å². The van der Waals surface area contributed by atoms with Crippen LogP contribution in [0.1, 0.15) is 17.3 Å². The quantitative estimate of drug-likeness (QED) is 0.227. The number of hydrogen-bond acceptors (Lipinski definition) is 9. The summed E-state index contributed by atoms with van der Waals surface area (Å²) in [5.74, 6) is -1.55. The van der Waals surface area contributed by atoms with Crippen LogP contribution in [0.5, 0.6) is 17.2 Å². The van der Waals surface area contributed by atoms with E-state index in [2.05, 4.69) is 10.3 Å². The van der Waals surface area contributed by atoms with Crippen LogP contribution in [0.3, 0.4) is 0 Å². The van der Waals surface area contributed by atoms with Crippen LogP contribution in [0.15, 0.2) is 70.1 Å². The smallest absolute Gasteiger partial charge is 0.411 e. The predicted octanol–water partition coefficient (Wildman–Crippen LogP) is 4.05. The van der Waals surface area contributed by atoms with Crippen molar-refractivity contribution in [1.29, 1.82) is 0 Å². The highest BCUT2D eigenvalue weighted by Gasteiger charge is 2.18. The maximum absolute atomic E-state index is 12.6. The summed E-state index contributed by atoms with van der Waals surface area (Å²) in [6, 6.07) is 11.1. The van der Waals surface area contributed by atoms with Gasteiger partial charge in [-0.3, -0.25) is 15.1 Å². The van der Waals surface area contributed by atoms with E-state index < -0.39 is 29.0 Å². The molecule has 0 radical (unpaired) electrons. The van der Waals surface area contributed by atoms with Gasteiger partial charge in [0.15, 0.2) is 16.9 Å². The van der Waals surface area contributed by atoms with Crippen molar-refractivity contribution in [2.75, 3.05) is 11.9 Å². The zero-order chi connectivity index (χ0) is 24.2. The lowest BCUT2D eigenvalue weighted by Gasteiger charge is -2.13. The number of ether oxygens (including phenoxy) is 2. The molecule has 4 rings (SSSR count). The number of nitrogens with zero attached hydrogens (tertiary/aromatic N) is 1. The summed E-state index contributed by atoms with van der Waals surface area (Å²) in [7, 11) is 0. The molecule has 0 unspecified atom stereocenters. The number of pyridine rings is 1. The Balaban J connectivity index is 1.77. The second-order valence-electron chi connectivity index (χ2n) is 6.97. The number of nitrogens with one attached hydrogen (secondary N) is 1. The van der Waals surface area contributed by atoms with Crippen molar-refractivity contribution in [3.8, 4) is 28.6 Å². The molecule has 0 saturated carbocycles. The number of aromatic hydroxyl groups is 2. The van der Waals surface area contributed by atoms with Gasteiger partial charge < -0.3 is 24.1 Å². The molecule has 0 bridgehead atoms. The summed E-state index contributed by atoms with van der Waals surface area (Å²) >= 11 is 0. The largest absolute Gasteiger partial charge is 0.504 e. The standard InChI is InChI=1S/C24H18N2O8/c1-2-32-24(31)26-16-10-14(33-23(30)13-4-3-9-25-12-13)5-6-15(16)20-11-18(28)21-19(34-20)8-7-17(27)22(21)29/h3-12,27,29H,2H2,1H3,(H,26,31). The fourth-order valence-corrected chi connectivity index (χ4v) is 3.19. The molecule has 2 aromatic heterocycles. The Labute approximate surface area is 192 Å². The van der Waals surface area contributed by atoms with Gasteiger partial charge in [0.1, 0.15) is 22.5 Å². The molecular formula is C24H18N2O8. The zero-order valence-corrected chi connectivity index (χ0v) is 17.8. The molecule has 3 N–H and O–H groups in total. The fourth-order valence-electron chi connectivity index (χ4n) is 3.19. The van der Waals surface area contributed by atoms with Gasteiger partial charge in [-0.15, -0.1) is 0 Å². The van der Waals surface area contributed by atoms with Crippen LogP contribution in [0.4, 0.5) is 10.5 Å². The van der Waals surface area contributed by atoms with E-state index in [-0.39, 0.29) is 45.9 Å². The van der Waals surface area contributed by atoms with Crippen LogP contribution in [0.2, 0.25) is 0 Å². The van der Waals surface area contributed by atoms with Crippen LogP contribution in [-0.4, -0.2) is 33.9 Å². The van der Waals surface area contributed by atoms with Crippen LogP contribution < -0.4 is 15.5 Å². The summed E-state index contributed by atoms with van der Waals surface area (Å²) in [6.07, 6.45) is 2.10. The lowest BCUT2D eigenvalue weighted by atomic mass is 10.1. The highest BCUT2D eigenvalue weighted by atomic mass is 16.5.